The van der Waals surface area contributed by atoms with Gasteiger partial charge in [-0.15, -0.1) is 0 Å². The van der Waals surface area contributed by atoms with E-state index in [-0.39, 0.29) is 5.76 Å². The van der Waals surface area contributed by atoms with Gasteiger partial charge in [0.2, 0.25) is 0 Å². The predicted octanol–water partition coefficient (Wildman–Crippen LogP) is 1.88. The van der Waals surface area contributed by atoms with Crippen LogP contribution in [0.1, 0.15) is 5.56 Å². The first-order valence-electron chi connectivity index (χ1n) is 4.47. The van der Waals surface area contributed by atoms with E-state index in [2.05, 4.69) is 0 Å². The van der Waals surface area contributed by atoms with Crippen LogP contribution >= 0.6 is 0 Å². The zero-order valence-electron chi connectivity index (χ0n) is 7.99. The van der Waals surface area contributed by atoms with Gasteiger partial charge in [-0.05, 0) is 5.56 Å². The molecule has 72 valence electrons. The highest BCUT2D eigenvalue weighted by Crippen LogP contribution is 2.25. The van der Waals surface area contributed by atoms with Crippen molar-refractivity contribution in [3.63, 3.8) is 0 Å². The van der Waals surface area contributed by atoms with Crippen molar-refractivity contribution >= 4 is 11.4 Å². The van der Waals surface area contributed by atoms with Gasteiger partial charge in [-0.1, -0.05) is 30.3 Å². The lowest BCUT2D eigenvalue weighted by Gasteiger charge is -2.10. The number of rotatable bonds is 1. The van der Waals surface area contributed by atoms with Crippen LogP contribution in [0.25, 0.3) is 5.57 Å². The van der Waals surface area contributed by atoms with Gasteiger partial charge < -0.3 is 10.0 Å². The van der Waals surface area contributed by atoms with Gasteiger partial charge in [-0.2, -0.15) is 0 Å². The summed E-state index contributed by atoms with van der Waals surface area (Å²) >= 11 is 0. The molecule has 0 aromatic heterocycles. The molecule has 0 saturated heterocycles. The molecule has 2 rings (SSSR count). The number of benzene rings is 1. The van der Waals surface area contributed by atoms with Gasteiger partial charge in [-0.25, -0.2) is 0 Å². The molecule has 0 fully saturated rings. The highest BCUT2D eigenvalue weighted by molar-refractivity contribution is 6.23. The van der Waals surface area contributed by atoms with E-state index in [0.29, 0.717) is 18.0 Å². The molecule has 0 bridgehead atoms. The number of nitrogens with zero attached hydrogens (tertiary/aromatic N) is 1. The van der Waals surface area contributed by atoms with E-state index in [1.54, 1.807) is 11.9 Å². The van der Waals surface area contributed by atoms with E-state index < -0.39 is 0 Å². The molecule has 0 spiro atoms. The smallest absolute Gasteiger partial charge is 0.132 e. The Morgan fingerprint density at radius 3 is 2.43 bits per heavy atom. The lowest BCUT2D eigenvalue weighted by atomic mass is 10.1. The summed E-state index contributed by atoms with van der Waals surface area (Å²) in [6.07, 6.45) is 0. The number of hydrogen-bond acceptors (Lipinski definition) is 2. The fourth-order valence-electron chi connectivity index (χ4n) is 1.62. The van der Waals surface area contributed by atoms with Gasteiger partial charge in [0.05, 0.1) is 12.1 Å². The van der Waals surface area contributed by atoms with Crippen molar-refractivity contribution in [2.24, 2.45) is 0 Å². The average molecular weight is 188 g/mol. The Balaban J connectivity index is 2.45. The van der Waals surface area contributed by atoms with Crippen molar-refractivity contribution < 1.29 is 5.11 Å². The monoisotopic (exact) mass is 188 g/mol. The molecule has 0 aliphatic carbocycles. The Morgan fingerprint density at radius 2 is 1.93 bits per heavy atom. The molecule has 1 aromatic rings. The second kappa shape index (κ2) is 3.18. The molecule has 3 nitrogen and oxygen atoms in total. The van der Waals surface area contributed by atoms with Crippen LogP contribution < -0.4 is 0 Å². The van der Waals surface area contributed by atoms with Crippen LogP contribution in [0.15, 0.2) is 36.1 Å². The van der Waals surface area contributed by atoms with Crippen molar-refractivity contribution in [2.75, 3.05) is 13.6 Å². The number of likely N-dealkylation sites (N-methyl/N-ethyl adjacent to an activating group) is 1. The topological polar surface area (TPSA) is 47.3 Å². The maximum absolute atomic E-state index is 9.68. The van der Waals surface area contributed by atoms with Gasteiger partial charge in [0, 0.05) is 7.05 Å². The highest BCUT2D eigenvalue weighted by atomic mass is 16.3. The van der Waals surface area contributed by atoms with E-state index in [1.165, 1.54) is 0 Å². The van der Waals surface area contributed by atoms with Crippen molar-refractivity contribution in [1.82, 2.24) is 4.90 Å². The lowest BCUT2D eigenvalue weighted by molar-refractivity contribution is 0.372. The molecular formula is C11H12N2O. The second-order valence-electron chi connectivity index (χ2n) is 3.39. The Morgan fingerprint density at radius 1 is 1.29 bits per heavy atom. The summed E-state index contributed by atoms with van der Waals surface area (Å²) in [5.74, 6) is 0.664. The number of aliphatic hydroxyl groups excluding tert-OH is 1. The summed E-state index contributed by atoms with van der Waals surface area (Å²) in [5, 5.41) is 17.5. The summed E-state index contributed by atoms with van der Waals surface area (Å²) in [6.45, 7) is 0.434. The molecule has 1 aliphatic heterocycles. The third-order valence-corrected chi connectivity index (χ3v) is 2.36. The molecule has 1 aromatic carbocycles. The van der Waals surface area contributed by atoms with Crippen LogP contribution in [0, 0.1) is 5.41 Å². The first-order valence-corrected chi connectivity index (χ1v) is 4.47. The summed E-state index contributed by atoms with van der Waals surface area (Å²) in [6, 6.07) is 9.53. The molecule has 0 saturated carbocycles. The molecule has 0 amide bonds. The average Bonchev–Trinajstić information content (AvgIpc) is 2.43. The van der Waals surface area contributed by atoms with Crippen LogP contribution in [0.5, 0.6) is 0 Å². The SMILES string of the molecule is CN1CC(O)=C(c2ccccc2)C1=N. The Bertz CT molecular complexity index is 395. The van der Waals surface area contributed by atoms with Crippen molar-refractivity contribution in [3.8, 4) is 0 Å². The quantitative estimate of drug-likeness (QED) is 0.706. The molecule has 1 aliphatic rings. The normalized spacial score (nSPS) is 16.6. The second-order valence-corrected chi connectivity index (χ2v) is 3.39. The third-order valence-electron chi connectivity index (χ3n) is 2.36. The summed E-state index contributed by atoms with van der Waals surface area (Å²) in [7, 11) is 1.80. The minimum absolute atomic E-state index is 0.281. The number of nitrogens with one attached hydrogen (secondary N) is 1. The number of aliphatic hydroxyl groups is 1. The van der Waals surface area contributed by atoms with Crippen LogP contribution in [0.2, 0.25) is 0 Å². The Labute approximate surface area is 82.8 Å². The summed E-state index contributed by atoms with van der Waals surface area (Å²) in [5.41, 5.74) is 1.55. The van der Waals surface area contributed by atoms with Crippen molar-refractivity contribution in [3.05, 3.63) is 41.7 Å². The Kier molecular flexibility index (Phi) is 2.00. The molecule has 0 radical (unpaired) electrons. The largest absolute Gasteiger partial charge is 0.510 e. The van der Waals surface area contributed by atoms with Gasteiger partial charge in [0.15, 0.2) is 0 Å². The van der Waals surface area contributed by atoms with Crippen LogP contribution in [0.4, 0.5) is 0 Å². The first-order chi connectivity index (χ1) is 6.70. The van der Waals surface area contributed by atoms with E-state index >= 15 is 0 Å². The molecule has 0 atom stereocenters. The van der Waals surface area contributed by atoms with Crippen LogP contribution in [0.3, 0.4) is 0 Å². The fourth-order valence-corrected chi connectivity index (χ4v) is 1.62. The van der Waals surface area contributed by atoms with Crippen LogP contribution in [-0.4, -0.2) is 29.4 Å². The maximum Gasteiger partial charge on any atom is 0.132 e. The molecule has 1 heterocycles. The number of amidine groups is 1. The van der Waals surface area contributed by atoms with E-state index in [9.17, 15) is 5.11 Å². The van der Waals surface area contributed by atoms with E-state index in [4.69, 9.17) is 5.41 Å². The van der Waals surface area contributed by atoms with Gasteiger partial charge >= 0.3 is 0 Å². The minimum Gasteiger partial charge on any atom is -0.510 e. The standard InChI is InChI=1S/C11H12N2O/c1-13-7-9(14)10(11(13)12)8-5-3-2-4-6-8/h2-6,12,14H,7H2,1H3. The van der Waals surface area contributed by atoms with Gasteiger partial charge in [0.25, 0.3) is 0 Å². The molecule has 14 heavy (non-hydrogen) atoms. The molecular weight excluding hydrogens is 176 g/mol. The zero-order valence-corrected chi connectivity index (χ0v) is 7.99. The first kappa shape index (κ1) is 8.81. The van der Waals surface area contributed by atoms with Gasteiger partial charge in [-0.3, -0.25) is 5.41 Å². The fraction of sp³-hybridized carbons (Fsp3) is 0.182. The van der Waals surface area contributed by atoms with E-state index in [0.717, 1.165) is 5.56 Å². The Hall–Kier alpha value is -1.77. The third kappa shape index (κ3) is 1.27. The van der Waals surface area contributed by atoms with Crippen LogP contribution in [-0.2, 0) is 0 Å². The summed E-state index contributed by atoms with van der Waals surface area (Å²) in [4.78, 5) is 1.72. The highest BCUT2D eigenvalue weighted by Gasteiger charge is 2.24. The maximum atomic E-state index is 9.68. The summed E-state index contributed by atoms with van der Waals surface area (Å²) < 4.78 is 0. The van der Waals surface area contributed by atoms with E-state index in [1.807, 2.05) is 30.3 Å². The molecule has 2 N–H and O–H groups in total. The number of hydrogen-bond donors (Lipinski definition) is 2. The van der Waals surface area contributed by atoms with Crippen molar-refractivity contribution in [2.45, 2.75) is 0 Å². The van der Waals surface area contributed by atoms with Gasteiger partial charge in [0.1, 0.15) is 11.6 Å². The molecule has 0 unspecified atom stereocenters. The minimum atomic E-state index is 0.281. The predicted molar refractivity (Wildman–Crippen MR) is 56.3 cm³/mol. The van der Waals surface area contributed by atoms with Crippen molar-refractivity contribution in [1.29, 1.82) is 5.41 Å². The lowest BCUT2D eigenvalue weighted by Crippen LogP contribution is -2.20. The zero-order chi connectivity index (χ0) is 10.1. The molecule has 3 heteroatoms.